The molecule has 2 aromatic carbocycles. The van der Waals surface area contributed by atoms with Crippen molar-refractivity contribution in [2.24, 2.45) is 0 Å². The van der Waals surface area contributed by atoms with Crippen LogP contribution in [0.5, 0.6) is 11.5 Å². The third-order valence-electron chi connectivity index (χ3n) is 6.36. The molecule has 1 aliphatic heterocycles. The quantitative estimate of drug-likeness (QED) is 0.313. The van der Waals surface area contributed by atoms with Crippen LogP contribution < -0.4 is 15.0 Å². The number of tetrazole rings is 1. The Morgan fingerprint density at radius 3 is 2.66 bits per heavy atom. The second-order valence-corrected chi connectivity index (χ2v) is 8.87. The number of aromatic amines is 1. The summed E-state index contributed by atoms with van der Waals surface area (Å²) in [6, 6.07) is 11.2. The van der Waals surface area contributed by atoms with Crippen molar-refractivity contribution in [1.29, 1.82) is 0 Å². The summed E-state index contributed by atoms with van der Waals surface area (Å²) in [5.74, 6) is 0.867. The average molecular weight is 523 g/mol. The van der Waals surface area contributed by atoms with Crippen molar-refractivity contribution in [3.63, 3.8) is 0 Å². The van der Waals surface area contributed by atoms with Crippen molar-refractivity contribution in [3.05, 3.63) is 75.6 Å². The van der Waals surface area contributed by atoms with Crippen molar-refractivity contribution in [2.45, 2.75) is 45.9 Å². The van der Waals surface area contributed by atoms with E-state index in [9.17, 15) is 14.0 Å². The molecule has 0 saturated heterocycles. The van der Waals surface area contributed by atoms with Gasteiger partial charge in [0.15, 0.2) is 17.3 Å². The zero-order chi connectivity index (χ0) is 26.6. The molecule has 0 fully saturated rings. The molecule has 11 nitrogen and oxygen atoms in total. The monoisotopic (exact) mass is 522 g/mol. The number of nitrogens with one attached hydrogen (secondary N) is 1. The number of nitrogens with zero attached hydrogens (tertiary/aromatic N) is 5. The number of pyridine rings is 1. The number of hydrogen-bond donors (Lipinski definition) is 1. The number of carbonyl (C=O) groups excluding carboxylic acids is 1. The summed E-state index contributed by atoms with van der Waals surface area (Å²) < 4.78 is 31.0. The second-order valence-electron chi connectivity index (χ2n) is 8.87. The standard InChI is InChI=1S/C26H27FN6O5/c1-3-21(25-29-30-31-33(25)14-24(34)36-4-2)32(12-16-5-7-19(27)8-6-16)13-18-9-17-10-22-23(38-15-37-22)11-20(17)28-26(18)35/h5-11,21H,3-4,12-15H2,1-2H3,(H,28,35). The molecule has 0 spiro atoms. The van der Waals surface area contributed by atoms with Crippen molar-refractivity contribution in [1.82, 2.24) is 30.1 Å². The predicted octanol–water partition coefficient (Wildman–Crippen LogP) is 3.10. The van der Waals surface area contributed by atoms with Gasteiger partial charge >= 0.3 is 5.97 Å². The first-order valence-electron chi connectivity index (χ1n) is 12.3. The van der Waals surface area contributed by atoms with E-state index in [1.807, 2.05) is 24.0 Å². The topological polar surface area (TPSA) is 124 Å². The number of halogens is 1. The third kappa shape index (κ3) is 5.35. The molecule has 1 atom stereocenters. The molecule has 2 aromatic heterocycles. The van der Waals surface area contributed by atoms with Crippen LogP contribution in [-0.2, 0) is 29.2 Å². The summed E-state index contributed by atoms with van der Waals surface area (Å²) >= 11 is 0. The lowest BCUT2D eigenvalue weighted by atomic mass is 10.1. The van der Waals surface area contributed by atoms with Gasteiger partial charge in [0, 0.05) is 30.1 Å². The highest BCUT2D eigenvalue weighted by atomic mass is 19.1. The predicted molar refractivity (Wildman–Crippen MR) is 134 cm³/mol. The van der Waals surface area contributed by atoms with E-state index in [4.69, 9.17) is 14.2 Å². The first-order chi connectivity index (χ1) is 18.4. The highest BCUT2D eigenvalue weighted by molar-refractivity contribution is 5.83. The number of aromatic nitrogens is 5. The van der Waals surface area contributed by atoms with E-state index in [0.717, 1.165) is 10.9 Å². The summed E-state index contributed by atoms with van der Waals surface area (Å²) in [6.07, 6.45) is 0.578. The Hall–Kier alpha value is -4.32. The van der Waals surface area contributed by atoms with E-state index < -0.39 is 5.97 Å². The first kappa shape index (κ1) is 25.3. The fourth-order valence-electron chi connectivity index (χ4n) is 4.57. The fraction of sp³-hybridized carbons (Fsp3) is 0.346. The van der Waals surface area contributed by atoms with Crippen LogP contribution in [0.25, 0.3) is 10.9 Å². The largest absolute Gasteiger partial charge is 0.465 e. The first-order valence-corrected chi connectivity index (χ1v) is 12.3. The summed E-state index contributed by atoms with van der Waals surface area (Å²) in [6.45, 7) is 4.55. The van der Waals surface area contributed by atoms with E-state index in [2.05, 4.69) is 20.5 Å². The minimum Gasteiger partial charge on any atom is -0.465 e. The number of benzene rings is 2. The molecule has 0 amide bonds. The maximum Gasteiger partial charge on any atom is 0.327 e. The van der Waals surface area contributed by atoms with E-state index in [1.54, 1.807) is 25.1 Å². The number of carbonyl (C=O) groups is 1. The van der Waals surface area contributed by atoms with Gasteiger partial charge in [-0.15, -0.1) is 5.10 Å². The van der Waals surface area contributed by atoms with Crippen LogP contribution in [0.2, 0.25) is 0 Å². The van der Waals surface area contributed by atoms with Gasteiger partial charge in [-0.2, -0.15) is 0 Å². The van der Waals surface area contributed by atoms with Crippen molar-refractivity contribution < 1.29 is 23.4 Å². The van der Waals surface area contributed by atoms with Gasteiger partial charge in [0.25, 0.3) is 5.56 Å². The molecule has 5 rings (SSSR count). The van der Waals surface area contributed by atoms with E-state index >= 15 is 0 Å². The zero-order valence-corrected chi connectivity index (χ0v) is 21.0. The lowest BCUT2D eigenvalue weighted by molar-refractivity contribution is -0.144. The van der Waals surface area contributed by atoms with Crippen LogP contribution in [-0.4, -0.2) is 49.5 Å². The van der Waals surface area contributed by atoms with E-state index in [0.29, 0.717) is 41.4 Å². The summed E-state index contributed by atoms with van der Waals surface area (Å²) in [5.41, 5.74) is 1.75. The number of rotatable bonds is 10. The Morgan fingerprint density at radius 2 is 1.92 bits per heavy atom. The zero-order valence-electron chi connectivity index (χ0n) is 21.0. The number of fused-ring (bicyclic) bond motifs is 2. The van der Waals surface area contributed by atoms with Gasteiger partial charge < -0.3 is 19.2 Å². The van der Waals surface area contributed by atoms with Gasteiger partial charge in [0.1, 0.15) is 12.4 Å². The highest BCUT2D eigenvalue weighted by Crippen LogP contribution is 2.35. The second kappa shape index (κ2) is 11.0. The van der Waals surface area contributed by atoms with Crippen LogP contribution in [0.3, 0.4) is 0 Å². The molecule has 12 heteroatoms. The van der Waals surface area contributed by atoms with Crippen LogP contribution >= 0.6 is 0 Å². The molecule has 38 heavy (non-hydrogen) atoms. The molecule has 3 heterocycles. The Kier molecular flexibility index (Phi) is 7.31. The molecule has 0 radical (unpaired) electrons. The molecular weight excluding hydrogens is 495 g/mol. The van der Waals surface area contributed by atoms with E-state index in [-0.39, 0.29) is 43.9 Å². The molecule has 4 aromatic rings. The van der Waals surface area contributed by atoms with Gasteiger partial charge in [-0.05, 0) is 53.6 Å². The fourth-order valence-corrected chi connectivity index (χ4v) is 4.57. The Labute approximate surface area is 217 Å². The van der Waals surface area contributed by atoms with Crippen LogP contribution in [0.1, 0.15) is 43.3 Å². The average Bonchev–Trinajstić information content (AvgIpc) is 3.54. The molecule has 1 aliphatic rings. The molecule has 1 N–H and O–H groups in total. The van der Waals surface area contributed by atoms with Crippen LogP contribution in [0.15, 0.2) is 47.3 Å². The number of esters is 1. The van der Waals surface area contributed by atoms with Crippen molar-refractivity contribution >= 4 is 16.9 Å². The number of hydrogen-bond acceptors (Lipinski definition) is 9. The van der Waals surface area contributed by atoms with Gasteiger partial charge in [0.2, 0.25) is 6.79 Å². The van der Waals surface area contributed by atoms with Gasteiger partial charge in [-0.3, -0.25) is 14.5 Å². The van der Waals surface area contributed by atoms with Crippen molar-refractivity contribution in [3.8, 4) is 11.5 Å². The minimum absolute atomic E-state index is 0.132. The Bertz CT molecular complexity index is 1500. The minimum atomic E-state index is -0.453. The summed E-state index contributed by atoms with van der Waals surface area (Å²) in [4.78, 5) is 30.3. The molecule has 0 aliphatic carbocycles. The maximum atomic E-state index is 13.6. The highest BCUT2D eigenvalue weighted by Gasteiger charge is 2.27. The smallest absolute Gasteiger partial charge is 0.327 e. The SMILES string of the molecule is CCOC(=O)Cn1nnnc1C(CC)N(Cc1ccc(F)cc1)Cc1cc2cc3c(cc2[nH]c1=O)OCO3. The van der Waals surface area contributed by atoms with Gasteiger partial charge in [-0.1, -0.05) is 19.1 Å². The van der Waals surface area contributed by atoms with Crippen molar-refractivity contribution in [2.75, 3.05) is 13.4 Å². The number of ether oxygens (including phenoxy) is 3. The maximum absolute atomic E-state index is 13.6. The summed E-state index contributed by atoms with van der Waals surface area (Å²) in [5, 5.41) is 12.8. The lowest BCUT2D eigenvalue weighted by Crippen LogP contribution is -2.33. The molecule has 0 bridgehead atoms. The molecule has 198 valence electrons. The Balaban J connectivity index is 1.51. The Morgan fingerprint density at radius 1 is 1.16 bits per heavy atom. The summed E-state index contributed by atoms with van der Waals surface area (Å²) in [7, 11) is 0. The molecule has 1 unspecified atom stereocenters. The normalized spacial score (nSPS) is 13.3. The molecule has 0 saturated carbocycles. The van der Waals surface area contributed by atoms with Gasteiger partial charge in [0.05, 0.1) is 18.2 Å². The van der Waals surface area contributed by atoms with Crippen LogP contribution in [0, 0.1) is 5.82 Å². The molecular formula is C26H27FN6O5. The third-order valence-corrected chi connectivity index (χ3v) is 6.36. The lowest BCUT2D eigenvalue weighted by Gasteiger charge is -2.30. The van der Waals surface area contributed by atoms with E-state index in [1.165, 1.54) is 16.8 Å². The van der Waals surface area contributed by atoms with Crippen LogP contribution in [0.4, 0.5) is 4.39 Å². The number of H-pyrrole nitrogens is 1. The van der Waals surface area contributed by atoms with Gasteiger partial charge in [-0.25, -0.2) is 9.07 Å².